The molecule has 5 heteroatoms. The lowest BCUT2D eigenvalue weighted by atomic mass is 9.97. The number of methoxy groups -OCH3 is 1. The fourth-order valence-electron chi connectivity index (χ4n) is 3.19. The monoisotopic (exact) mass is 320 g/mol. The highest BCUT2D eigenvalue weighted by Crippen LogP contribution is 2.26. The van der Waals surface area contributed by atoms with Crippen molar-refractivity contribution >= 4 is 5.91 Å². The van der Waals surface area contributed by atoms with Crippen molar-refractivity contribution in [3.8, 4) is 5.75 Å². The minimum absolute atomic E-state index is 0.0228. The fourth-order valence-corrected chi connectivity index (χ4v) is 3.19. The van der Waals surface area contributed by atoms with Crippen LogP contribution in [0.3, 0.4) is 0 Å². The van der Waals surface area contributed by atoms with Crippen LogP contribution in [-0.4, -0.2) is 54.3 Å². The maximum Gasteiger partial charge on any atom is 0.234 e. The average molecular weight is 320 g/mol. The van der Waals surface area contributed by atoms with Gasteiger partial charge >= 0.3 is 0 Å². The van der Waals surface area contributed by atoms with Gasteiger partial charge in [0.2, 0.25) is 5.91 Å². The third-order valence-electron chi connectivity index (χ3n) is 4.42. The first-order valence-electron chi connectivity index (χ1n) is 8.26. The number of nitrogens with zero attached hydrogens (tertiary/aromatic N) is 1. The third-order valence-corrected chi connectivity index (χ3v) is 4.42. The highest BCUT2D eigenvalue weighted by atomic mass is 16.5. The molecule has 23 heavy (non-hydrogen) atoms. The molecule has 0 bridgehead atoms. The van der Waals surface area contributed by atoms with Gasteiger partial charge in [-0.05, 0) is 57.4 Å². The first kappa shape index (κ1) is 17.8. The van der Waals surface area contributed by atoms with Gasteiger partial charge in [-0.15, -0.1) is 0 Å². The Morgan fingerprint density at radius 2 is 2.09 bits per heavy atom. The zero-order chi connectivity index (χ0) is 16.9. The van der Waals surface area contributed by atoms with Gasteiger partial charge in [-0.3, -0.25) is 9.69 Å². The average Bonchev–Trinajstić information content (AvgIpc) is 2.96. The van der Waals surface area contributed by atoms with E-state index in [2.05, 4.69) is 10.2 Å². The van der Waals surface area contributed by atoms with E-state index in [1.165, 1.54) is 5.56 Å². The molecule has 0 saturated carbocycles. The Morgan fingerprint density at radius 3 is 2.70 bits per heavy atom. The van der Waals surface area contributed by atoms with Gasteiger partial charge in [0.15, 0.2) is 0 Å². The predicted octanol–water partition coefficient (Wildman–Crippen LogP) is 1.59. The van der Waals surface area contributed by atoms with Gasteiger partial charge < -0.3 is 15.2 Å². The highest BCUT2D eigenvalue weighted by molar-refractivity contribution is 5.78. The van der Waals surface area contributed by atoms with Crippen molar-refractivity contribution < 1.29 is 14.6 Å². The number of hydrogen-bond acceptors (Lipinski definition) is 4. The highest BCUT2D eigenvalue weighted by Gasteiger charge is 2.36. The fraction of sp³-hybridized carbons (Fsp3) is 0.611. The Labute approximate surface area is 138 Å². The van der Waals surface area contributed by atoms with E-state index in [4.69, 9.17) is 4.74 Å². The van der Waals surface area contributed by atoms with Crippen LogP contribution in [0.15, 0.2) is 24.3 Å². The number of carbonyl (C=O) groups excluding carboxylic acids is 1. The summed E-state index contributed by atoms with van der Waals surface area (Å²) < 4.78 is 5.13. The van der Waals surface area contributed by atoms with E-state index in [-0.39, 0.29) is 11.9 Å². The van der Waals surface area contributed by atoms with Crippen LogP contribution in [0.4, 0.5) is 0 Å². The van der Waals surface area contributed by atoms with E-state index in [9.17, 15) is 9.90 Å². The maximum absolute atomic E-state index is 12.1. The number of rotatable bonds is 7. The molecule has 1 saturated heterocycles. The summed E-state index contributed by atoms with van der Waals surface area (Å²) in [4.78, 5) is 14.2. The first-order chi connectivity index (χ1) is 10.9. The second kappa shape index (κ2) is 7.79. The predicted molar refractivity (Wildman–Crippen MR) is 90.6 cm³/mol. The van der Waals surface area contributed by atoms with Crippen LogP contribution in [0.1, 0.15) is 32.3 Å². The second-order valence-electron chi connectivity index (χ2n) is 6.73. The number of nitrogens with one attached hydrogen (secondary N) is 1. The summed E-state index contributed by atoms with van der Waals surface area (Å²) in [5.41, 5.74) is 0.404. The Kier molecular flexibility index (Phi) is 6.02. The van der Waals surface area contributed by atoms with Crippen molar-refractivity contribution in [1.29, 1.82) is 0 Å². The largest absolute Gasteiger partial charge is 0.497 e. The number of benzene rings is 1. The molecule has 1 aliphatic heterocycles. The molecule has 0 aliphatic carbocycles. The number of carbonyl (C=O) groups is 1. The van der Waals surface area contributed by atoms with Crippen LogP contribution in [-0.2, 0) is 11.2 Å². The van der Waals surface area contributed by atoms with Crippen molar-refractivity contribution in [3.05, 3.63) is 29.8 Å². The Morgan fingerprint density at radius 1 is 1.39 bits per heavy atom. The Balaban J connectivity index is 1.74. The van der Waals surface area contributed by atoms with Crippen molar-refractivity contribution in [3.63, 3.8) is 0 Å². The zero-order valence-electron chi connectivity index (χ0n) is 14.3. The van der Waals surface area contributed by atoms with E-state index >= 15 is 0 Å². The van der Waals surface area contributed by atoms with Crippen molar-refractivity contribution in [2.24, 2.45) is 0 Å². The molecule has 1 heterocycles. The van der Waals surface area contributed by atoms with Gasteiger partial charge in [0.25, 0.3) is 0 Å². The quantitative estimate of drug-likeness (QED) is 0.801. The van der Waals surface area contributed by atoms with Gasteiger partial charge in [0.05, 0.1) is 19.3 Å². The summed E-state index contributed by atoms with van der Waals surface area (Å²) in [5.74, 6) is 0.860. The molecular weight excluding hydrogens is 292 g/mol. The number of likely N-dealkylation sites (tertiary alicyclic amines) is 1. The lowest BCUT2D eigenvalue weighted by Gasteiger charge is -2.33. The van der Waals surface area contributed by atoms with Crippen LogP contribution < -0.4 is 10.1 Å². The van der Waals surface area contributed by atoms with E-state index in [1.54, 1.807) is 7.11 Å². The number of ether oxygens (including phenoxy) is 1. The SMILES string of the molecule is COc1ccc(CCNC(=O)CN2CCCC2C(C)(C)O)cc1. The molecule has 1 aromatic carbocycles. The Bertz CT molecular complexity index is 508. The van der Waals surface area contributed by atoms with Crippen molar-refractivity contribution in [1.82, 2.24) is 10.2 Å². The molecule has 1 fully saturated rings. The summed E-state index contributed by atoms with van der Waals surface area (Å²) in [7, 11) is 1.65. The first-order valence-corrected chi connectivity index (χ1v) is 8.26. The number of hydrogen-bond donors (Lipinski definition) is 2. The van der Waals surface area contributed by atoms with Crippen LogP contribution in [0.5, 0.6) is 5.75 Å². The summed E-state index contributed by atoms with van der Waals surface area (Å²) >= 11 is 0. The van der Waals surface area contributed by atoms with Crippen molar-refractivity contribution in [2.75, 3.05) is 26.7 Å². The molecule has 1 atom stereocenters. The van der Waals surface area contributed by atoms with Crippen LogP contribution in [0.2, 0.25) is 0 Å². The van der Waals surface area contributed by atoms with Crippen LogP contribution in [0, 0.1) is 0 Å². The molecule has 1 unspecified atom stereocenters. The lowest BCUT2D eigenvalue weighted by molar-refractivity contribution is -0.123. The van der Waals surface area contributed by atoms with Gasteiger partial charge in [-0.25, -0.2) is 0 Å². The molecule has 2 rings (SSSR count). The second-order valence-corrected chi connectivity index (χ2v) is 6.73. The zero-order valence-corrected chi connectivity index (χ0v) is 14.3. The van der Waals surface area contributed by atoms with E-state index < -0.39 is 5.60 Å². The Hall–Kier alpha value is -1.59. The van der Waals surface area contributed by atoms with Gasteiger partial charge in [-0.1, -0.05) is 12.1 Å². The normalized spacial score (nSPS) is 18.9. The standard InChI is InChI=1S/C18H28N2O3/c1-18(2,22)16-5-4-12-20(16)13-17(21)19-11-10-14-6-8-15(23-3)9-7-14/h6-9,16,22H,4-5,10-13H2,1-3H3,(H,19,21). The molecular formula is C18H28N2O3. The third kappa shape index (κ3) is 5.22. The van der Waals surface area contributed by atoms with E-state index in [0.717, 1.165) is 31.6 Å². The molecule has 1 aliphatic rings. The van der Waals surface area contributed by atoms with Gasteiger partial charge in [-0.2, -0.15) is 0 Å². The number of amides is 1. The summed E-state index contributed by atoms with van der Waals surface area (Å²) in [6.45, 7) is 5.49. The molecule has 1 aromatic rings. The van der Waals surface area contributed by atoms with Gasteiger partial charge in [0.1, 0.15) is 5.75 Å². The van der Waals surface area contributed by atoms with Crippen molar-refractivity contribution in [2.45, 2.75) is 44.8 Å². The molecule has 128 valence electrons. The molecule has 0 radical (unpaired) electrons. The molecule has 1 amide bonds. The molecule has 2 N–H and O–H groups in total. The maximum atomic E-state index is 12.1. The summed E-state index contributed by atoms with van der Waals surface area (Å²) in [6.07, 6.45) is 2.78. The molecule has 0 aromatic heterocycles. The minimum atomic E-state index is -0.764. The van der Waals surface area contributed by atoms with E-state index in [0.29, 0.717) is 13.1 Å². The molecule has 5 nitrogen and oxygen atoms in total. The lowest BCUT2D eigenvalue weighted by Crippen LogP contribution is -2.49. The molecule has 0 spiro atoms. The van der Waals surface area contributed by atoms with Crippen LogP contribution in [0.25, 0.3) is 0 Å². The summed E-state index contributed by atoms with van der Waals surface area (Å²) in [5, 5.41) is 13.1. The summed E-state index contributed by atoms with van der Waals surface area (Å²) in [6, 6.07) is 7.94. The van der Waals surface area contributed by atoms with Crippen LogP contribution >= 0.6 is 0 Å². The topological polar surface area (TPSA) is 61.8 Å². The minimum Gasteiger partial charge on any atom is -0.497 e. The smallest absolute Gasteiger partial charge is 0.234 e. The van der Waals surface area contributed by atoms with Gasteiger partial charge in [0, 0.05) is 12.6 Å². The number of aliphatic hydroxyl groups is 1. The van der Waals surface area contributed by atoms with E-state index in [1.807, 2.05) is 38.1 Å².